The summed E-state index contributed by atoms with van der Waals surface area (Å²) >= 11 is 11.7. The number of esters is 1. The van der Waals surface area contributed by atoms with Crippen LogP contribution < -0.4 is 5.32 Å². The van der Waals surface area contributed by atoms with Gasteiger partial charge in [0.1, 0.15) is 11.3 Å². The molecule has 0 radical (unpaired) electrons. The van der Waals surface area contributed by atoms with Gasteiger partial charge >= 0.3 is 5.97 Å². The third kappa shape index (κ3) is 4.19. The largest absolute Gasteiger partial charge is 0.507 e. The number of rotatable bonds is 4. The summed E-state index contributed by atoms with van der Waals surface area (Å²) in [6, 6.07) is 9.09. The first-order valence-electron chi connectivity index (χ1n) is 7.05. The van der Waals surface area contributed by atoms with E-state index in [0.29, 0.717) is 16.3 Å². The molecule has 0 aliphatic rings. The van der Waals surface area contributed by atoms with Crippen molar-refractivity contribution in [2.24, 2.45) is 0 Å². The SMILES string of the molecule is Cc1c(Cl)cccc1NC(=O)[C@@H](C)OC(=O)c1ccc(Cl)cc1O. The summed E-state index contributed by atoms with van der Waals surface area (Å²) in [6.45, 7) is 3.19. The fraction of sp³-hybridized carbons (Fsp3) is 0.176. The van der Waals surface area contributed by atoms with Gasteiger partial charge in [-0.15, -0.1) is 0 Å². The average Bonchev–Trinajstić information content (AvgIpc) is 2.51. The quantitative estimate of drug-likeness (QED) is 0.794. The maximum atomic E-state index is 12.2. The van der Waals surface area contributed by atoms with E-state index < -0.39 is 18.0 Å². The minimum absolute atomic E-state index is 0.0713. The molecule has 0 aliphatic carbocycles. The van der Waals surface area contributed by atoms with Crippen LogP contribution in [0.1, 0.15) is 22.8 Å². The highest BCUT2D eigenvalue weighted by Gasteiger charge is 2.21. The molecule has 1 atom stereocenters. The van der Waals surface area contributed by atoms with E-state index in [2.05, 4.69) is 5.32 Å². The van der Waals surface area contributed by atoms with Crippen LogP contribution in [0.5, 0.6) is 5.75 Å². The van der Waals surface area contributed by atoms with E-state index in [1.807, 2.05) is 0 Å². The van der Waals surface area contributed by atoms with Crippen molar-refractivity contribution < 1.29 is 19.4 Å². The lowest BCUT2D eigenvalue weighted by molar-refractivity contribution is -0.123. The van der Waals surface area contributed by atoms with Gasteiger partial charge in [0.2, 0.25) is 0 Å². The Morgan fingerprint density at radius 3 is 2.58 bits per heavy atom. The van der Waals surface area contributed by atoms with Crippen molar-refractivity contribution in [3.63, 3.8) is 0 Å². The molecule has 2 aromatic carbocycles. The number of hydrogen-bond acceptors (Lipinski definition) is 4. The molecule has 7 heteroatoms. The zero-order valence-electron chi connectivity index (χ0n) is 13.0. The van der Waals surface area contributed by atoms with Gasteiger partial charge in [0.25, 0.3) is 5.91 Å². The summed E-state index contributed by atoms with van der Waals surface area (Å²) in [6.07, 6.45) is -1.06. The minimum Gasteiger partial charge on any atom is -0.507 e. The van der Waals surface area contributed by atoms with Gasteiger partial charge in [0, 0.05) is 15.7 Å². The highest BCUT2D eigenvalue weighted by Crippen LogP contribution is 2.24. The number of nitrogens with one attached hydrogen (secondary N) is 1. The van der Waals surface area contributed by atoms with Gasteiger partial charge in [0.05, 0.1) is 0 Å². The van der Waals surface area contributed by atoms with Gasteiger partial charge in [-0.1, -0.05) is 29.3 Å². The Bertz CT molecular complexity index is 792. The Morgan fingerprint density at radius 1 is 1.21 bits per heavy atom. The number of anilines is 1. The Kier molecular flexibility index (Phi) is 5.70. The molecular formula is C17H15Cl2NO4. The maximum Gasteiger partial charge on any atom is 0.342 e. The fourth-order valence-electron chi connectivity index (χ4n) is 1.93. The summed E-state index contributed by atoms with van der Waals surface area (Å²) in [5.41, 5.74) is 1.17. The van der Waals surface area contributed by atoms with Crippen molar-refractivity contribution in [2.45, 2.75) is 20.0 Å². The Morgan fingerprint density at radius 2 is 1.92 bits per heavy atom. The Hall–Kier alpha value is -2.24. The molecule has 0 bridgehead atoms. The van der Waals surface area contributed by atoms with E-state index in [0.717, 1.165) is 0 Å². The normalized spacial score (nSPS) is 11.7. The highest BCUT2D eigenvalue weighted by atomic mass is 35.5. The number of hydrogen-bond donors (Lipinski definition) is 2. The number of aromatic hydroxyl groups is 1. The first-order chi connectivity index (χ1) is 11.3. The van der Waals surface area contributed by atoms with Crippen LogP contribution in [0.2, 0.25) is 10.0 Å². The molecule has 0 aliphatic heterocycles. The molecule has 0 fully saturated rings. The molecular weight excluding hydrogens is 353 g/mol. The van der Waals surface area contributed by atoms with Crippen LogP contribution in [0.25, 0.3) is 0 Å². The van der Waals surface area contributed by atoms with Gasteiger partial charge in [-0.05, 0) is 49.7 Å². The molecule has 0 aromatic heterocycles. The zero-order chi connectivity index (χ0) is 17.9. The third-order valence-corrected chi connectivity index (χ3v) is 4.00. The van der Waals surface area contributed by atoms with Crippen molar-refractivity contribution >= 4 is 40.8 Å². The van der Waals surface area contributed by atoms with Crippen molar-refractivity contribution in [3.05, 3.63) is 57.6 Å². The van der Waals surface area contributed by atoms with E-state index >= 15 is 0 Å². The molecule has 2 N–H and O–H groups in total. The van der Waals surface area contributed by atoms with Gasteiger partial charge in [-0.25, -0.2) is 4.79 Å². The van der Waals surface area contributed by atoms with Crippen molar-refractivity contribution in [2.75, 3.05) is 5.32 Å². The molecule has 24 heavy (non-hydrogen) atoms. The highest BCUT2D eigenvalue weighted by molar-refractivity contribution is 6.31. The number of ether oxygens (including phenoxy) is 1. The smallest absolute Gasteiger partial charge is 0.342 e. The van der Waals surface area contributed by atoms with Gasteiger partial charge in [-0.3, -0.25) is 4.79 Å². The number of amides is 1. The van der Waals surface area contributed by atoms with Crippen molar-refractivity contribution in [1.29, 1.82) is 0 Å². The second-order valence-corrected chi connectivity index (χ2v) is 5.95. The van der Waals surface area contributed by atoms with E-state index in [-0.39, 0.29) is 16.3 Å². The summed E-state index contributed by atoms with van der Waals surface area (Å²) in [4.78, 5) is 24.2. The van der Waals surface area contributed by atoms with E-state index in [4.69, 9.17) is 27.9 Å². The standard InChI is InChI=1S/C17H15Cl2NO4/c1-9-13(19)4-3-5-14(9)20-16(22)10(2)24-17(23)12-7-6-11(18)8-15(12)21/h3-8,10,21H,1-2H3,(H,20,22)/t10-/m1/s1. The fourth-order valence-corrected chi connectivity index (χ4v) is 2.27. The molecule has 0 unspecified atom stereocenters. The summed E-state index contributed by atoms with van der Waals surface area (Å²) in [7, 11) is 0. The molecule has 2 rings (SSSR count). The monoisotopic (exact) mass is 367 g/mol. The van der Waals surface area contributed by atoms with E-state index in [1.165, 1.54) is 25.1 Å². The Labute approximate surface area is 149 Å². The van der Waals surface area contributed by atoms with Crippen LogP contribution in [-0.4, -0.2) is 23.1 Å². The molecule has 126 valence electrons. The van der Waals surface area contributed by atoms with Crippen molar-refractivity contribution in [3.8, 4) is 5.75 Å². The zero-order valence-corrected chi connectivity index (χ0v) is 14.5. The number of phenols is 1. The molecule has 2 aromatic rings. The lowest BCUT2D eigenvalue weighted by Gasteiger charge is -2.15. The number of carbonyl (C=O) groups is 2. The molecule has 0 saturated carbocycles. The molecule has 5 nitrogen and oxygen atoms in total. The van der Waals surface area contributed by atoms with E-state index in [9.17, 15) is 14.7 Å². The second kappa shape index (κ2) is 7.55. The molecule has 0 saturated heterocycles. The predicted octanol–water partition coefficient (Wildman–Crippen LogP) is 4.19. The van der Waals surface area contributed by atoms with Gasteiger partial charge in [-0.2, -0.15) is 0 Å². The number of phenolic OH excluding ortho intramolecular Hbond substituents is 1. The number of halogens is 2. The van der Waals surface area contributed by atoms with Crippen LogP contribution in [0.3, 0.4) is 0 Å². The lowest BCUT2D eigenvalue weighted by atomic mass is 10.2. The number of benzene rings is 2. The van der Waals surface area contributed by atoms with Gasteiger partial charge in [0.15, 0.2) is 6.10 Å². The summed E-state index contributed by atoms with van der Waals surface area (Å²) in [5.74, 6) is -1.65. The molecule has 0 spiro atoms. The summed E-state index contributed by atoms with van der Waals surface area (Å²) in [5, 5.41) is 13.2. The van der Waals surface area contributed by atoms with Crippen LogP contribution >= 0.6 is 23.2 Å². The first kappa shape index (κ1) is 18.1. The minimum atomic E-state index is -1.06. The lowest BCUT2D eigenvalue weighted by Crippen LogP contribution is -2.30. The Balaban J connectivity index is 2.06. The maximum absolute atomic E-state index is 12.2. The second-order valence-electron chi connectivity index (χ2n) is 5.11. The van der Waals surface area contributed by atoms with Gasteiger partial charge < -0.3 is 15.2 Å². The van der Waals surface area contributed by atoms with Crippen LogP contribution in [-0.2, 0) is 9.53 Å². The third-order valence-electron chi connectivity index (χ3n) is 3.36. The van der Waals surface area contributed by atoms with Crippen LogP contribution in [0, 0.1) is 6.92 Å². The number of carbonyl (C=O) groups excluding carboxylic acids is 2. The van der Waals surface area contributed by atoms with Crippen molar-refractivity contribution in [1.82, 2.24) is 0 Å². The van der Waals surface area contributed by atoms with Crippen LogP contribution in [0.15, 0.2) is 36.4 Å². The first-order valence-corrected chi connectivity index (χ1v) is 7.80. The van der Waals surface area contributed by atoms with Crippen LogP contribution in [0.4, 0.5) is 5.69 Å². The molecule has 1 amide bonds. The average molecular weight is 368 g/mol. The van der Waals surface area contributed by atoms with E-state index in [1.54, 1.807) is 25.1 Å². The predicted molar refractivity (Wildman–Crippen MR) is 92.8 cm³/mol. The molecule has 0 heterocycles. The summed E-state index contributed by atoms with van der Waals surface area (Å²) < 4.78 is 5.07. The topological polar surface area (TPSA) is 75.6 Å².